The van der Waals surface area contributed by atoms with Gasteiger partial charge in [-0.2, -0.15) is 10.4 Å². The Morgan fingerprint density at radius 3 is 2.47 bits per heavy atom. The summed E-state index contributed by atoms with van der Waals surface area (Å²) in [6.07, 6.45) is 3.34. The molecule has 4 rings (SSSR count). The second kappa shape index (κ2) is 11.0. The highest BCUT2D eigenvalue weighted by Gasteiger charge is 2.15. The van der Waals surface area contributed by atoms with Crippen molar-refractivity contribution in [1.29, 1.82) is 5.26 Å². The van der Waals surface area contributed by atoms with Crippen molar-refractivity contribution < 1.29 is 14.3 Å². The van der Waals surface area contributed by atoms with Gasteiger partial charge in [0.1, 0.15) is 17.4 Å². The number of Topliss-reactive ketones (excluding diaryl/α,β-unsaturated/α-hetero) is 1. The third-order valence-electron chi connectivity index (χ3n) is 5.53. The molecule has 0 saturated carbocycles. The number of benzene rings is 3. The van der Waals surface area contributed by atoms with Gasteiger partial charge in [-0.1, -0.05) is 42.5 Å². The normalized spacial score (nSPS) is 11.0. The molecule has 1 aromatic heterocycles. The minimum atomic E-state index is -0.574. The van der Waals surface area contributed by atoms with E-state index in [-0.39, 0.29) is 11.4 Å². The molecular formula is C29H24N4O3. The Labute approximate surface area is 209 Å². The van der Waals surface area contributed by atoms with E-state index in [4.69, 9.17) is 9.84 Å². The van der Waals surface area contributed by atoms with Crippen LogP contribution in [-0.2, 0) is 11.3 Å². The van der Waals surface area contributed by atoms with E-state index in [1.807, 2.05) is 66.9 Å². The molecule has 0 radical (unpaired) electrons. The molecule has 0 aliphatic heterocycles. The zero-order chi connectivity index (χ0) is 25.5. The molecule has 36 heavy (non-hydrogen) atoms. The number of aromatic nitrogens is 2. The van der Waals surface area contributed by atoms with E-state index in [1.54, 1.807) is 36.1 Å². The predicted octanol–water partition coefficient (Wildman–Crippen LogP) is 5.36. The number of nitrogens with zero attached hydrogens (tertiary/aromatic N) is 3. The number of hydrogen-bond donors (Lipinski definition) is 1. The van der Waals surface area contributed by atoms with Crippen LogP contribution in [0.25, 0.3) is 17.3 Å². The van der Waals surface area contributed by atoms with E-state index in [0.717, 1.165) is 11.1 Å². The fourth-order valence-electron chi connectivity index (χ4n) is 3.69. The molecule has 0 bridgehead atoms. The molecule has 7 heteroatoms. The summed E-state index contributed by atoms with van der Waals surface area (Å²) >= 11 is 0. The minimum Gasteiger partial charge on any atom is -0.497 e. The predicted molar refractivity (Wildman–Crippen MR) is 138 cm³/mol. The number of nitriles is 1. The van der Waals surface area contributed by atoms with Crippen LogP contribution in [-0.4, -0.2) is 28.6 Å². The largest absolute Gasteiger partial charge is 0.497 e. The van der Waals surface area contributed by atoms with Gasteiger partial charge < -0.3 is 10.1 Å². The van der Waals surface area contributed by atoms with Gasteiger partial charge in [-0.3, -0.25) is 14.3 Å². The van der Waals surface area contributed by atoms with Gasteiger partial charge in [0.2, 0.25) is 0 Å². The third kappa shape index (κ3) is 5.75. The number of hydrogen-bond acceptors (Lipinski definition) is 5. The molecule has 3 aromatic carbocycles. The highest BCUT2D eigenvalue weighted by molar-refractivity contribution is 6.10. The molecule has 0 aliphatic carbocycles. The summed E-state index contributed by atoms with van der Waals surface area (Å²) in [6, 6.07) is 25.9. The molecule has 0 fully saturated rings. The topological polar surface area (TPSA) is 97.0 Å². The Morgan fingerprint density at radius 1 is 1.06 bits per heavy atom. The van der Waals surface area contributed by atoms with Crippen LogP contribution in [0.5, 0.6) is 5.75 Å². The summed E-state index contributed by atoms with van der Waals surface area (Å²) in [6.45, 7) is 1.99. The molecule has 1 amide bonds. The second-order valence-electron chi connectivity index (χ2n) is 8.11. The molecule has 1 N–H and O–H groups in total. The average molecular weight is 477 g/mol. The maximum Gasteiger partial charge on any atom is 0.266 e. The molecule has 0 atom stereocenters. The third-order valence-corrected chi connectivity index (χ3v) is 5.53. The maximum atomic E-state index is 12.9. The van der Waals surface area contributed by atoms with Crippen molar-refractivity contribution in [1.82, 2.24) is 9.78 Å². The molecule has 178 valence electrons. The molecule has 4 aromatic rings. The fourth-order valence-corrected chi connectivity index (χ4v) is 3.69. The molecule has 0 aliphatic rings. The van der Waals surface area contributed by atoms with Gasteiger partial charge in [0.05, 0.1) is 19.3 Å². The van der Waals surface area contributed by atoms with Gasteiger partial charge in [0.25, 0.3) is 5.91 Å². The van der Waals surface area contributed by atoms with E-state index in [1.165, 1.54) is 13.0 Å². The van der Waals surface area contributed by atoms with Gasteiger partial charge >= 0.3 is 0 Å². The van der Waals surface area contributed by atoms with E-state index in [0.29, 0.717) is 34.8 Å². The number of ketones is 1. The average Bonchev–Trinajstić information content (AvgIpc) is 3.29. The lowest BCUT2D eigenvalue weighted by Gasteiger charge is -2.06. The Hall–Kier alpha value is -4.96. The monoisotopic (exact) mass is 476 g/mol. The van der Waals surface area contributed by atoms with Crippen molar-refractivity contribution in [2.75, 3.05) is 12.4 Å². The molecule has 1 heterocycles. The lowest BCUT2D eigenvalue weighted by molar-refractivity contribution is -0.112. The number of carbonyl (C=O) groups is 2. The summed E-state index contributed by atoms with van der Waals surface area (Å²) in [5, 5.41) is 17.2. The first-order valence-electron chi connectivity index (χ1n) is 11.3. The Kier molecular flexibility index (Phi) is 7.37. The number of rotatable bonds is 8. The van der Waals surface area contributed by atoms with Crippen molar-refractivity contribution in [2.45, 2.75) is 13.5 Å². The smallest absolute Gasteiger partial charge is 0.266 e. The quantitative estimate of drug-likeness (QED) is 0.210. The number of ether oxygens (including phenoxy) is 1. The fraction of sp³-hybridized carbons (Fsp3) is 0.103. The van der Waals surface area contributed by atoms with E-state index in [9.17, 15) is 14.9 Å². The summed E-state index contributed by atoms with van der Waals surface area (Å²) in [5.41, 5.74) is 3.97. The van der Waals surface area contributed by atoms with Crippen LogP contribution in [0, 0.1) is 11.3 Å². The van der Waals surface area contributed by atoms with Crippen LogP contribution in [0.1, 0.15) is 28.4 Å². The Bertz CT molecular complexity index is 1460. The van der Waals surface area contributed by atoms with Crippen molar-refractivity contribution in [2.24, 2.45) is 0 Å². The van der Waals surface area contributed by atoms with Crippen molar-refractivity contribution >= 4 is 23.5 Å². The number of methoxy groups -OCH3 is 1. The molecule has 0 saturated heterocycles. The standard InChI is InChI=1S/C29H24N4O3/c1-20(34)23-9-6-10-26(16-23)31-29(35)24(17-30)15-25-19-33(18-21-7-4-3-5-8-21)32-28(25)22-11-13-27(36-2)14-12-22/h3-16,19H,18H2,1-2H3,(H,31,35). The van der Waals surface area contributed by atoms with Gasteiger partial charge in [0, 0.05) is 28.6 Å². The summed E-state index contributed by atoms with van der Waals surface area (Å²) < 4.78 is 7.04. The van der Waals surface area contributed by atoms with Gasteiger partial charge in [-0.05, 0) is 55.0 Å². The van der Waals surface area contributed by atoms with E-state index < -0.39 is 5.91 Å². The van der Waals surface area contributed by atoms with Crippen LogP contribution in [0.15, 0.2) is 90.6 Å². The zero-order valence-corrected chi connectivity index (χ0v) is 19.9. The van der Waals surface area contributed by atoms with E-state index >= 15 is 0 Å². The summed E-state index contributed by atoms with van der Waals surface area (Å²) in [4.78, 5) is 24.6. The highest BCUT2D eigenvalue weighted by atomic mass is 16.5. The minimum absolute atomic E-state index is 0.0859. The number of anilines is 1. The maximum absolute atomic E-state index is 12.9. The van der Waals surface area contributed by atoms with Gasteiger partial charge in [0.15, 0.2) is 5.78 Å². The second-order valence-corrected chi connectivity index (χ2v) is 8.11. The first-order valence-corrected chi connectivity index (χ1v) is 11.3. The Morgan fingerprint density at radius 2 is 1.81 bits per heavy atom. The lowest BCUT2D eigenvalue weighted by Crippen LogP contribution is -2.13. The lowest BCUT2D eigenvalue weighted by atomic mass is 10.1. The van der Waals surface area contributed by atoms with Crippen molar-refractivity contribution in [3.05, 3.63) is 107 Å². The molecule has 0 unspecified atom stereocenters. The van der Waals surface area contributed by atoms with Gasteiger partial charge in [-0.15, -0.1) is 0 Å². The van der Waals surface area contributed by atoms with Crippen LogP contribution in [0.3, 0.4) is 0 Å². The first kappa shape index (κ1) is 24.2. The first-order chi connectivity index (χ1) is 17.5. The highest BCUT2D eigenvalue weighted by Crippen LogP contribution is 2.27. The van der Waals surface area contributed by atoms with Crippen LogP contribution in [0.2, 0.25) is 0 Å². The van der Waals surface area contributed by atoms with Crippen molar-refractivity contribution in [3.63, 3.8) is 0 Å². The van der Waals surface area contributed by atoms with Gasteiger partial charge in [-0.25, -0.2) is 0 Å². The van der Waals surface area contributed by atoms with Crippen LogP contribution < -0.4 is 10.1 Å². The molecule has 0 spiro atoms. The van der Waals surface area contributed by atoms with Crippen LogP contribution >= 0.6 is 0 Å². The summed E-state index contributed by atoms with van der Waals surface area (Å²) in [7, 11) is 1.60. The molecule has 7 nitrogen and oxygen atoms in total. The summed E-state index contributed by atoms with van der Waals surface area (Å²) in [5.74, 6) is 0.0243. The molecular weight excluding hydrogens is 452 g/mol. The Balaban J connectivity index is 1.69. The number of nitrogens with one attached hydrogen (secondary N) is 1. The zero-order valence-electron chi connectivity index (χ0n) is 19.9. The van der Waals surface area contributed by atoms with E-state index in [2.05, 4.69) is 5.32 Å². The number of carbonyl (C=O) groups excluding carboxylic acids is 2. The number of amides is 1. The van der Waals surface area contributed by atoms with Crippen molar-refractivity contribution in [3.8, 4) is 23.1 Å². The van der Waals surface area contributed by atoms with Crippen LogP contribution in [0.4, 0.5) is 5.69 Å². The SMILES string of the molecule is COc1ccc(-c2nn(Cc3ccccc3)cc2C=C(C#N)C(=O)Nc2cccc(C(C)=O)c2)cc1.